The first-order valence-corrected chi connectivity index (χ1v) is 3.01. The normalized spacial score (nSPS) is 17.0. The predicted octanol–water partition coefficient (Wildman–Crippen LogP) is 0.324. The lowest BCUT2D eigenvalue weighted by Crippen LogP contribution is -2.14. The van der Waals surface area contributed by atoms with Crippen molar-refractivity contribution >= 4 is 11.7 Å². The molecule has 1 rings (SSSR count). The summed E-state index contributed by atoms with van der Waals surface area (Å²) in [6.45, 7) is 0. The lowest BCUT2D eigenvalue weighted by molar-refractivity contribution is -0.129. The van der Waals surface area contributed by atoms with Crippen LogP contribution in [0.5, 0.6) is 0 Å². The highest BCUT2D eigenvalue weighted by molar-refractivity contribution is 6.35. The van der Waals surface area contributed by atoms with Crippen LogP contribution in [0.4, 0.5) is 0 Å². The molecule has 0 aromatic carbocycles. The second-order valence-electron chi connectivity index (χ2n) is 1.93. The molecule has 4 nitrogen and oxygen atoms in total. The Labute approximate surface area is 58.2 Å². The Balaban J connectivity index is 2.61. The first-order valence-electron chi connectivity index (χ1n) is 3.01. The molecule has 0 saturated heterocycles. The van der Waals surface area contributed by atoms with E-state index in [-0.39, 0.29) is 5.71 Å². The third kappa shape index (κ3) is 1.58. The summed E-state index contributed by atoms with van der Waals surface area (Å²) in [5.41, 5.74) is 2.69. The number of hydrogen-bond acceptors (Lipinski definition) is 3. The minimum Gasteiger partial charge on any atom is -0.477 e. The molecule has 1 aliphatic rings. The van der Waals surface area contributed by atoms with Gasteiger partial charge in [-0.3, -0.25) is 5.43 Å². The Morgan fingerprint density at radius 3 is 3.30 bits per heavy atom. The van der Waals surface area contributed by atoms with Gasteiger partial charge in [-0.1, -0.05) is 6.08 Å². The highest BCUT2D eigenvalue weighted by atomic mass is 16.4. The van der Waals surface area contributed by atoms with E-state index in [1.165, 1.54) is 0 Å². The van der Waals surface area contributed by atoms with E-state index in [1.54, 1.807) is 6.20 Å². The Morgan fingerprint density at radius 1 is 1.80 bits per heavy atom. The fraction of sp³-hybridized carbons (Fsp3) is 0.333. The standard InChI is InChI=1S/C6H8N2O2/c9-6(10)5-3-1-2-4-7-8-5/h2,4,7H,1,3H2,(H,9,10). The molecule has 0 amide bonds. The zero-order chi connectivity index (χ0) is 7.40. The molecular weight excluding hydrogens is 132 g/mol. The zero-order valence-corrected chi connectivity index (χ0v) is 5.37. The lowest BCUT2D eigenvalue weighted by atomic mass is 10.2. The van der Waals surface area contributed by atoms with Gasteiger partial charge in [-0.2, -0.15) is 5.10 Å². The fourth-order valence-electron chi connectivity index (χ4n) is 0.682. The van der Waals surface area contributed by atoms with E-state index in [2.05, 4.69) is 10.5 Å². The molecule has 0 aromatic rings. The molecule has 10 heavy (non-hydrogen) atoms. The number of allylic oxidation sites excluding steroid dienone is 1. The third-order valence-electron chi connectivity index (χ3n) is 1.19. The second-order valence-corrected chi connectivity index (χ2v) is 1.93. The molecule has 0 bridgehead atoms. The molecule has 0 unspecified atom stereocenters. The van der Waals surface area contributed by atoms with Crippen molar-refractivity contribution < 1.29 is 9.90 Å². The van der Waals surface area contributed by atoms with Gasteiger partial charge in [0.05, 0.1) is 0 Å². The van der Waals surface area contributed by atoms with Crippen molar-refractivity contribution in [3.8, 4) is 0 Å². The maximum absolute atomic E-state index is 10.3. The number of hydrogen-bond donors (Lipinski definition) is 2. The van der Waals surface area contributed by atoms with E-state index in [0.717, 1.165) is 6.42 Å². The van der Waals surface area contributed by atoms with Gasteiger partial charge in [0, 0.05) is 12.6 Å². The predicted molar refractivity (Wildman–Crippen MR) is 36.6 cm³/mol. The van der Waals surface area contributed by atoms with Gasteiger partial charge in [0.25, 0.3) is 0 Å². The minimum absolute atomic E-state index is 0.185. The van der Waals surface area contributed by atoms with Gasteiger partial charge in [0.2, 0.25) is 0 Å². The summed E-state index contributed by atoms with van der Waals surface area (Å²) < 4.78 is 0. The van der Waals surface area contributed by atoms with Crippen molar-refractivity contribution in [2.24, 2.45) is 5.10 Å². The second kappa shape index (κ2) is 3.00. The Kier molecular flexibility index (Phi) is 2.04. The van der Waals surface area contributed by atoms with Gasteiger partial charge in [-0.05, 0) is 6.42 Å². The fourth-order valence-corrected chi connectivity index (χ4v) is 0.682. The first-order chi connectivity index (χ1) is 4.80. The van der Waals surface area contributed by atoms with Gasteiger partial charge in [-0.25, -0.2) is 4.79 Å². The van der Waals surface area contributed by atoms with Crippen LogP contribution in [0.25, 0.3) is 0 Å². The molecule has 0 aromatic heterocycles. The van der Waals surface area contributed by atoms with E-state index >= 15 is 0 Å². The Morgan fingerprint density at radius 2 is 2.60 bits per heavy atom. The van der Waals surface area contributed by atoms with Crippen molar-refractivity contribution in [2.45, 2.75) is 12.8 Å². The molecule has 0 aliphatic carbocycles. The van der Waals surface area contributed by atoms with Gasteiger partial charge >= 0.3 is 5.97 Å². The smallest absolute Gasteiger partial charge is 0.352 e. The summed E-state index contributed by atoms with van der Waals surface area (Å²) in [4.78, 5) is 10.3. The van der Waals surface area contributed by atoms with Crippen LogP contribution in [0.2, 0.25) is 0 Å². The van der Waals surface area contributed by atoms with E-state index in [1.807, 2.05) is 6.08 Å². The minimum atomic E-state index is -0.948. The highest BCUT2D eigenvalue weighted by Gasteiger charge is 2.08. The lowest BCUT2D eigenvalue weighted by Gasteiger charge is -1.93. The molecular formula is C6H8N2O2. The quantitative estimate of drug-likeness (QED) is 0.551. The van der Waals surface area contributed by atoms with Gasteiger partial charge < -0.3 is 5.11 Å². The van der Waals surface area contributed by atoms with Gasteiger partial charge in [-0.15, -0.1) is 0 Å². The average molecular weight is 140 g/mol. The topological polar surface area (TPSA) is 61.7 Å². The molecule has 0 saturated carbocycles. The van der Waals surface area contributed by atoms with Crippen LogP contribution in [-0.2, 0) is 4.79 Å². The maximum atomic E-state index is 10.3. The van der Waals surface area contributed by atoms with Crippen LogP contribution in [0, 0.1) is 0 Å². The van der Waals surface area contributed by atoms with Crippen LogP contribution in [0.15, 0.2) is 17.4 Å². The summed E-state index contributed by atoms with van der Waals surface area (Å²) in [6.07, 6.45) is 4.71. The van der Waals surface area contributed by atoms with E-state index in [0.29, 0.717) is 6.42 Å². The van der Waals surface area contributed by atoms with Crippen molar-refractivity contribution in [3.05, 3.63) is 12.3 Å². The zero-order valence-electron chi connectivity index (χ0n) is 5.37. The number of aliphatic carboxylic acids is 1. The number of hydrazone groups is 1. The number of rotatable bonds is 1. The number of carboxylic acids is 1. The van der Waals surface area contributed by atoms with Crippen molar-refractivity contribution in [3.63, 3.8) is 0 Å². The summed E-state index contributed by atoms with van der Waals surface area (Å²) in [5, 5.41) is 12.1. The Hall–Kier alpha value is -1.32. The molecule has 54 valence electrons. The monoisotopic (exact) mass is 140 g/mol. The number of nitrogens with zero attached hydrogens (tertiary/aromatic N) is 1. The van der Waals surface area contributed by atoms with Gasteiger partial charge in [0.15, 0.2) is 0 Å². The molecule has 0 fully saturated rings. The van der Waals surface area contributed by atoms with Crippen LogP contribution in [-0.4, -0.2) is 16.8 Å². The molecule has 0 spiro atoms. The van der Waals surface area contributed by atoms with Crippen LogP contribution < -0.4 is 5.43 Å². The molecule has 4 heteroatoms. The van der Waals surface area contributed by atoms with Crippen molar-refractivity contribution in [1.82, 2.24) is 5.43 Å². The van der Waals surface area contributed by atoms with Crippen LogP contribution in [0.1, 0.15) is 12.8 Å². The molecule has 1 heterocycles. The van der Waals surface area contributed by atoms with Gasteiger partial charge in [0.1, 0.15) is 5.71 Å². The third-order valence-corrected chi connectivity index (χ3v) is 1.19. The highest BCUT2D eigenvalue weighted by Crippen LogP contribution is 1.97. The number of carboxylic acid groups (broad SMARTS) is 1. The molecule has 1 aliphatic heterocycles. The SMILES string of the molecule is O=C(O)C1=NNC=CCC1. The van der Waals surface area contributed by atoms with Crippen LogP contribution in [0.3, 0.4) is 0 Å². The van der Waals surface area contributed by atoms with E-state index < -0.39 is 5.97 Å². The van der Waals surface area contributed by atoms with Crippen LogP contribution >= 0.6 is 0 Å². The number of nitrogens with one attached hydrogen (secondary N) is 1. The van der Waals surface area contributed by atoms with Crippen molar-refractivity contribution in [1.29, 1.82) is 0 Å². The molecule has 0 atom stereocenters. The summed E-state index contributed by atoms with van der Waals surface area (Å²) >= 11 is 0. The maximum Gasteiger partial charge on any atom is 0.352 e. The molecule has 2 N–H and O–H groups in total. The first kappa shape index (κ1) is 6.80. The van der Waals surface area contributed by atoms with E-state index in [9.17, 15) is 4.79 Å². The Bertz CT molecular complexity index is 196. The summed E-state index contributed by atoms with van der Waals surface area (Å²) in [5.74, 6) is -0.948. The molecule has 0 radical (unpaired) electrons. The number of carbonyl (C=O) groups is 1. The van der Waals surface area contributed by atoms with E-state index in [4.69, 9.17) is 5.11 Å². The average Bonchev–Trinajstić information content (AvgIpc) is 2.12. The summed E-state index contributed by atoms with van der Waals surface area (Å²) in [6, 6.07) is 0. The largest absolute Gasteiger partial charge is 0.477 e. The summed E-state index contributed by atoms with van der Waals surface area (Å²) in [7, 11) is 0. The van der Waals surface area contributed by atoms with Crippen molar-refractivity contribution in [2.75, 3.05) is 0 Å².